The molecule has 0 aromatic heterocycles. The number of halogens is 1. The van der Waals surface area contributed by atoms with Crippen molar-refractivity contribution in [3.8, 4) is 0 Å². The number of rotatable bonds is 8. The van der Waals surface area contributed by atoms with Gasteiger partial charge < -0.3 is 10.6 Å². The molecule has 2 aromatic rings. The van der Waals surface area contributed by atoms with E-state index in [1.165, 1.54) is 24.3 Å². The molecule has 0 fully saturated rings. The molecular weight excluding hydrogens is 412 g/mol. The van der Waals surface area contributed by atoms with Crippen LogP contribution < -0.4 is 10.6 Å². The van der Waals surface area contributed by atoms with Crippen LogP contribution in [0.4, 0.5) is 11.4 Å². The fourth-order valence-electron chi connectivity index (χ4n) is 2.88. The first-order valence-electron chi connectivity index (χ1n) is 9.31. The van der Waals surface area contributed by atoms with E-state index in [9.17, 15) is 18.0 Å². The Labute approximate surface area is 176 Å². The molecule has 2 aromatic carbocycles. The van der Waals surface area contributed by atoms with Gasteiger partial charge in [0.15, 0.2) is 9.84 Å². The summed E-state index contributed by atoms with van der Waals surface area (Å²) in [7, 11) is -3.42. The van der Waals surface area contributed by atoms with Crippen LogP contribution >= 0.6 is 11.6 Å². The van der Waals surface area contributed by atoms with Crippen LogP contribution in [-0.2, 0) is 14.6 Å². The molecular formula is C21H25ClN2O4S. The average molecular weight is 437 g/mol. The molecule has 0 aliphatic heterocycles. The molecule has 0 radical (unpaired) electrons. The summed E-state index contributed by atoms with van der Waals surface area (Å²) in [6.45, 7) is 4.12. The zero-order valence-corrected chi connectivity index (χ0v) is 18.2. The Morgan fingerprint density at radius 1 is 1.10 bits per heavy atom. The molecule has 1 unspecified atom stereocenters. The molecule has 0 aliphatic rings. The highest BCUT2D eigenvalue weighted by atomic mass is 35.5. The number of hydrogen-bond donors (Lipinski definition) is 2. The fourth-order valence-corrected chi connectivity index (χ4v) is 3.77. The van der Waals surface area contributed by atoms with Crippen LogP contribution in [0.25, 0.3) is 0 Å². The molecule has 8 heteroatoms. The van der Waals surface area contributed by atoms with Crippen LogP contribution in [0.2, 0.25) is 5.02 Å². The van der Waals surface area contributed by atoms with E-state index < -0.39 is 15.7 Å². The number of hydrogen-bond acceptors (Lipinski definition) is 4. The fraction of sp³-hybridized carbons (Fsp3) is 0.333. The largest absolute Gasteiger partial charge is 0.326 e. The summed E-state index contributed by atoms with van der Waals surface area (Å²) in [5.41, 5.74) is 1.10. The second-order valence-corrected chi connectivity index (χ2v) is 9.52. The quantitative estimate of drug-likeness (QED) is 0.623. The highest BCUT2D eigenvalue weighted by Gasteiger charge is 2.14. The third kappa shape index (κ3) is 6.87. The van der Waals surface area contributed by atoms with Gasteiger partial charge in [-0.1, -0.05) is 44.4 Å². The van der Waals surface area contributed by atoms with Gasteiger partial charge in [0, 0.05) is 23.9 Å². The first-order chi connectivity index (χ1) is 13.6. The maximum Gasteiger partial charge on any atom is 0.255 e. The SMILES string of the molecule is CCCC(C)CC(=O)Nc1ccc(NC(=O)c2cccc(S(C)(=O)=O)c2)c(Cl)c1. The van der Waals surface area contributed by atoms with E-state index in [-0.39, 0.29) is 21.4 Å². The summed E-state index contributed by atoms with van der Waals surface area (Å²) in [6, 6.07) is 10.6. The van der Waals surface area contributed by atoms with Gasteiger partial charge in [0.25, 0.3) is 5.91 Å². The van der Waals surface area contributed by atoms with Crippen molar-refractivity contribution in [3.05, 3.63) is 53.1 Å². The second kappa shape index (κ2) is 9.89. The molecule has 29 heavy (non-hydrogen) atoms. The molecule has 0 saturated carbocycles. The summed E-state index contributed by atoms with van der Waals surface area (Å²) >= 11 is 6.24. The Morgan fingerprint density at radius 2 is 1.83 bits per heavy atom. The molecule has 0 aliphatic carbocycles. The molecule has 2 N–H and O–H groups in total. The van der Waals surface area contributed by atoms with Crippen LogP contribution in [0.5, 0.6) is 0 Å². The number of carbonyl (C=O) groups is 2. The number of nitrogens with one attached hydrogen (secondary N) is 2. The monoisotopic (exact) mass is 436 g/mol. The van der Waals surface area contributed by atoms with Crippen molar-refractivity contribution in [1.82, 2.24) is 0 Å². The first-order valence-corrected chi connectivity index (χ1v) is 11.6. The third-order valence-corrected chi connectivity index (χ3v) is 5.76. The Balaban J connectivity index is 2.07. The van der Waals surface area contributed by atoms with Crippen molar-refractivity contribution < 1.29 is 18.0 Å². The lowest BCUT2D eigenvalue weighted by Gasteiger charge is -2.12. The van der Waals surface area contributed by atoms with Gasteiger partial charge in [0.1, 0.15) is 0 Å². The van der Waals surface area contributed by atoms with Crippen molar-refractivity contribution in [2.45, 2.75) is 38.0 Å². The molecule has 0 heterocycles. The van der Waals surface area contributed by atoms with Gasteiger partial charge in [0.2, 0.25) is 5.91 Å². The molecule has 0 bridgehead atoms. The third-order valence-electron chi connectivity index (χ3n) is 4.34. The lowest BCUT2D eigenvalue weighted by atomic mass is 10.0. The molecule has 156 valence electrons. The smallest absolute Gasteiger partial charge is 0.255 e. The Morgan fingerprint density at radius 3 is 2.45 bits per heavy atom. The van der Waals surface area contributed by atoms with Crippen molar-refractivity contribution in [2.24, 2.45) is 5.92 Å². The molecule has 2 amide bonds. The highest BCUT2D eigenvalue weighted by Crippen LogP contribution is 2.26. The number of amides is 2. The maximum atomic E-state index is 12.5. The summed E-state index contributed by atoms with van der Waals surface area (Å²) < 4.78 is 23.3. The first kappa shape index (κ1) is 22.9. The van der Waals surface area contributed by atoms with E-state index in [1.54, 1.807) is 18.2 Å². The van der Waals surface area contributed by atoms with E-state index in [1.807, 2.05) is 6.92 Å². The van der Waals surface area contributed by atoms with Crippen LogP contribution in [-0.4, -0.2) is 26.5 Å². The van der Waals surface area contributed by atoms with E-state index >= 15 is 0 Å². The average Bonchev–Trinajstić information content (AvgIpc) is 2.63. The minimum atomic E-state index is -3.42. The summed E-state index contributed by atoms with van der Waals surface area (Å²) in [6.07, 6.45) is 3.53. The van der Waals surface area contributed by atoms with Crippen molar-refractivity contribution in [2.75, 3.05) is 16.9 Å². The minimum absolute atomic E-state index is 0.0617. The topological polar surface area (TPSA) is 92.3 Å². The van der Waals surface area contributed by atoms with Crippen LogP contribution in [0.15, 0.2) is 47.4 Å². The Bertz CT molecular complexity index is 1010. The molecule has 1 atom stereocenters. The van der Waals surface area contributed by atoms with Crippen LogP contribution in [0.1, 0.15) is 43.5 Å². The van der Waals surface area contributed by atoms with E-state index in [4.69, 9.17) is 11.6 Å². The molecule has 0 spiro atoms. The van der Waals surface area contributed by atoms with Crippen LogP contribution in [0, 0.1) is 5.92 Å². The zero-order valence-electron chi connectivity index (χ0n) is 16.7. The number of carbonyl (C=O) groups excluding carboxylic acids is 2. The predicted molar refractivity (Wildman–Crippen MR) is 116 cm³/mol. The lowest BCUT2D eigenvalue weighted by Crippen LogP contribution is -2.15. The standard InChI is InChI=1S/C21H25ClN2O4S/c1-4-6-14(2)11-20(25)23-16-9-10-19(18(22)13-16)24-21(26)15-7-5-8-17(12-15)29(3,27)28/h5,7-10,12-14H,4,6,11H2,1-3H3,(H,23,25)(H,24,26). The summed E-state index contributed by atoms with van der Waals surface area (Å²) in [5, 5.41) is 5.72. The zero-order chi connectivity index (χ0) is 21.6. The van der Waals surface area contributed by atoms with Gasteiger partial charge in [-0.05, 0) is 42.3 Å². The second-order valence-electron chi connectivity index (χ2n) is 7.09. The van der Waals surface area contributed by atoms with Crippen LogP contribution in [0.3, 0.4) is 0 Å². The van der Waals surface area contributed by atoms with Gasteiger partial charge in [-0.3, -0.25) is 9.59 Å². The highest BCUT2D eigenvalue weighted by molar-refractivity contribution is 7.90. The summed E-state index contributed by atoms with van der Waals surface area (Å²) in [4.78, 5) is 24.6. The number of benzene rings is 2. The predicted octanol–water partition coefficient (Wildman–Crippen LogP) is 4.76. The van der Waals surface area contributed by atoms with Gasteiger partial charge in [-0.25, -0.2) is 8.42 Å². The lowest BCUT2D eigenvalue weighted by molar-refractivity contribution is -0.117. The van der Waals surface area contributed by atoms with Gasteiger partial charge in [-0.2, -0.15) is 0 Å². The Kier molecular flexibility index (Phi) is 7.81. The summed E-state index contributed by atoms with van der Waals surface area (Å²) in [5.74, 6) is -0.268. The number of sulfone groups is 1. The van der Waals surface area contributed by atoms with E-state index in [0.717, 1.165) is 19.1 Å². The van der Waals surface area contributed by atoms with Gasteiger partial charge >= 0.3 is 0 Å². The van der Waals surface area contributed by atoms with Crippen molar-refractivity contribution in [1.29, 1.82) is 0 Å². The van der Waals surface area contributed by atoms with Crippen molar-refractivity contribution in [3.63, 3.8) is 0 Å². The van der Waals surface area contributed by atoms with Gasteiger partial charge in [0.05, 0.1) is 15.6 Å². The minimum Gasteiger partial charge on any atom is -0.326 e. The van der Waals surface area contributed by atoms with Crippen molar-refractivity contribution >= 4 is 44.6 Å². The molecule has 2 rings (SSSR count). The van der Waals surface area contributed by atoms with E-state index in [2.05, 4.69) is 17.6 Å². The maximum absolute atomic E-state index is 12.5. The normalized spacial score (nSPS) is 12.3. The Hall–Kier alpha value is -2.38. The molecule has 6 nitrogen and oxygen atoms in total. The molecule has 0 saturated heterocycles. The number of anilines is 2. The van der Waals surface area contributed by atoms with Gasteiger partial charge in [-0.15, -0.1) is 0 Å². The van der Waals surface area contributed by atoms with E-state index in [0.29, 0.717) is 23.7 Å².